The number of carbonyl (C=O) groups is 2. The van der Waals surface area contributed by atoms with E-state index in [0.29, 0.717) is 29.9 Å². The molecule has 1 atom stereocenters. The molecule has 2 heterocycles. The maximum absolute atomic E-state index is 14.3. The van der Waals surface area contributed by atoms with Crippen molar-refractivity contribution in [2.45, 2.75) is 38.9 Å². The number of amides is 2. The summed E-state index contributed by atoms with van der Waals surface area (Å²) < 4.78 is 51.5. The summed E-state index contributed by atoms with van der Waals surface area (Å²) in [5.74, 6) is -1.46. The number of rotatable bonds is 8. The van der Waals surface area contributed by atoms with Gasteiger partial charge in [-0.05, 0) is 73.6 Å². The fraction of sp³-hybridized carbons (Fsp3) is 0.370. The van der Waals surface area contributed by atoms with Crippen molar-refractivity contribution in [3.63, 3.8) is 0 Å². The van der Waals surface area contributed by atoms with Crippen LogP contribution in [0.2, 0.25) is 0 Å². The molecule has 4 rings (SSSR count). The van der Waals surface area contributed by atoms with E-state index < -0.39 is 29.9 Å². The number of hydrogen-bond donors (Lipinski definition) is 2. The van der Waals surface area contributed by atoms with Crippen LogP contribution in [-0.4, -0.2) is 42.3 Å². The third-order valence-electron chi connectivity index (χ3n) is 6.74. The van der Waals surface area contributed by atoms with Gasteiger partial charge in [0.25, 0.3) is 5.91 Å². The first-order valence-corrected chi connectivity index (χ1v) is 12.2. The molecule has 8 nitrogen and oxygen atoms in total. The number of carbonyl (C=O) groups excluding carboxylic acids is 2. The molecule has 1 aliphatic heterocycles. The lowest BCUT2D eigenvalue weighted by Gasteiger charge is -2.21. The van der Waals surface area contributed by atoms with Gasteiger partial charge < -0.3 is 16.0 Å². The number of nitrogens with one attached hydrogen (secondary N) is 1. The summed E-state index contributed by atoms with van der Waals surface area (Å²) in [6, 6.07) is 9.11. The van der Waals surface area contributed by atoms with Gasteiger partial charge in [0.2, 0.25) is 5.91 Å². The number of hydrogen-bond acceptors (Lipinski definition) is 6. The lowest BCUT2D eigenvalue weighted by molar-refractivity contribution is -0.124. The summed E-state index contributed by atoms with van der Waals surface area (Å²) in [7, 11) is 0. The standard InChI is InChI=1S/C27H26F4N6O2/c1-16-6-22(37-5-4-26(14-33,25(37)39)20-2-3-20)10-23(36-16)24(38)35-12-17-7-18(9-21(28)8-17)19(11-32)13-34-15-27(29,30)31/h6-11,13,20H,2-5,12,15,32H2,1H3,(H,35,38)/t26-/m1/s1. The summed E-state index contributed by atoms with van der Waals surface area (Å²) in [4.78, 5) is 35.2. The van der Waals surface area contributed by atoms with E-state index >= 15 is 0 Å². The van der Waals surface area contributed by atoms with Crippen LogP contribution in [0.4, 0.5) is 23.2 Å². The zero-order chi connectivity index (χ0) is 28.4. The van der Waals surface area contributed by atoms with Crippen molar-refractivity contribution in [2.75, 3.05) is 18.0 Å². The third kappa shape index (κ3) is 6.25. The fourth-order valence-corrected chi connectivity index (χ4v) is 4.71. The monoisotopic (exact) mass is 542 g/mol. The maximum Gasteiger partial charge on any atom is 0.407 e. The Morgan fingerprint density at radius 3 is 2.69 bits per heavy atom. The van der Waals surface area contributed by atoms with E-state index in [1.807, 2.05) is 0 Å². The lowest BCUT2D eigenvalue weighted by atomic mass is 9.83. The van der Waals surface area contributed by atoms with Crippen LogP contribution >= 0.6 is 0 Å². The molecule has 204 valence electrons. The molecule has 1 aromatic carbocycles. The number of alkyl halides is 3. The van der Waals surface area contributed by atoms with Crippen LogP contribution in [0.1, 0.15) is 46.6 Å². The van der Waals surface area contributed by atoms with Crippen LogP contribution in [0.5, 0.6) is 0 Å². The fourth-order valence-electron chi connectivity index (χ4n) is 4.71. The van der Waals surface area contributed by atoms with Crippen LogP contribution in [0.3, 0.4) is 0 Å². The van der Waals surface area contributed by atoms with E-state index in [-0.39, 0.29) is 35.2 Å². The summed E-state index contributed by atoms with van der Waals surface area (Å²) in [5.41, 5.74) is 6.08. The molecule has 1 aromatic heterocycles. The van der Waals surface area contributed by atoms with Crippen molar-refractivity contribution in [1.29, 1.82) is 5.26 Å². The quantitative estimate of drug-likeness (QED) is 0.385. The molecule has 12 heteroatoms. The number of aromatic nitrogens is 1. The van der Waals surface area contributed by atoms with Gasteiger partial charge in [-0.1, -0.05) is 0 Å². The van der Waals surface area contributed by atoms with Crippen molar-refractivity contribution in [3.05, 3.63) is 64.9 Å². The summed E-state index contributed by atoms with van der Waals surface area (Å²) in [5, 5.41) is 12.4. The van der Waals surface area contributed by atoms with E-state index in [4.69, 9.17) is 5.73 Å². The van der Waals surface area contributed by atoms with Crippen molar-refractivity contribution in [1.82, 2.24) is 10.3 Å². The highest BCUT2D eigenvalue weighted by Crippen LogP contribution is 2.51. The van der Waals surface area contributed by atoms with E-state index in [1.165, 1.54) is 23.1 Å². The lowest BCUT2D eigenvalue weighted by Crippen LogP contribution is -2.35. The molecule has 2 amide bonds. The number of pyridine rings is 1. The molecule has 0 spiro atoms. The predicted octanol–water partition coefficient (Wildman–Crippen LogP) is 4.05. The molecular weight excluding hydrogens is 516 g/mol. The smallest absolute Gasteiger partial charge is 0.404 e. The Bertz CT molecular complexity index is 1390. The molecule has 0 bridgehead atoms. The summed E-state index contributed by atoms with van der Waals surface area (Å²) >= 11 is 0. The molecule has 2 aliphatic rings. The van der Waals surface area contributed by atoms with Gasteiger partial charge in [0.15, 0.2) is 0 Å². The summed E-state index contributed by atoms with van der Waals surface area (Å²) in [6.07, 6.45) is -0.444. The zero-order valence-corrected chi connectivity index (χ0v) is 21.1. The topological polar surface area (TPSA) is 124 Å². The van der Waals surface area contributed by atoms with E-state index in [1.54, 1.807) is 13.0 Å². The minimum Gasteiger partial charge on any atom is -0.404 e. The number of allylic oxidation sites excluding steroid dienone is 1. The number of aliphatic imine (C=N–C) groups is 1. The SMILES string of the molecule is Cc1cc(N2CC[C@@](C#N)(C3CC3)C2=O)cc(C(=O)NCc2cc(F)cc(C(C=NCC(F)(F)F)=CN)c2)n1. The van der Waals surface area contributed by atoms with Crippen molar-refractivity contribution < 1.29 is 27.2 Å². The first-order chi connectivity index (χ1) is 18.5. The van der Waals surface area contributed by atoms with Crippen molar-refractivity contribution >= 4 is 29.3 Å². The molecule has 1 saturated carbocycles. The van der Waals surface area contributed by atoms with Crippen molar-refractivity contribution in [3.8, 4) is 6.07 Å². The molecule has 1 saturated heterocycles. The number of benzene rings is 1. The third-order valence-corrected chi connectivity index (χ3v) is 6.74. The van der Waals surface area contributed by atoms with E-state index in [2.05, 4.69) is 21.4 Å². The Balaban J connectivity index is 1.48. The van der Waals surface area contributed by atoms with Gasteiger partial charge in [-0.2, -0.15) is 18.4 Å². The maximum atomic E-state index is 14.3. The molecule has 1 aliphatic carbocycles. The minimum absolute atomic E-state index is 0.0390. The molecule has 0 radical (unpaired) electrons. The largest absolute Gasteiger partial charge is 0.407 e. The predicted molar refractivity (Wildman–Crippen MR) is 136 cm³/mol. The number of halogens is 4. The Labute approximate surface area is 222 Å². The van der Waals surface area contributed by atoms with Crippen LogP contribution in [-0.2, 0) is 11.3 Å². The second kappa shape index (κ2) is 10.8. The van der Waals surface area contributed by atoms with Gasteiger partial charge in [0.05, 0.1) is 6.07 Å². The highest BCUT2D eigenvalue weighted by Gasteiger charge is 2.56. The average Bonchev–Trinajstić information content (AvgIpc) is 3.67. The number of nitrogens with zero attached hydrogens (tertiary/aromatic N) is 4. The van der Waals surface area contributed by atoms with Gasteiger partial charge in [0, 0.05) is 42.5 Å². The molecule has 39 heavy (non-hydrogen) atoms. The van der Waals surface area contributed by atoms with Gasteiger partial charge in [-0.25, -0.2) is 9.37 Å². The van der Waals surface area contributed by atoms with Crippen LogP contribution in [0, 0.1) is 35.4 Å². The van der Waals surface area contributed by atoms with E-state index in [0.717, 1.165) is 31.3 Å². The highest BCUT2D eigenvalue weighted by atomic mass is 19.4. The summed E-state index contributed by atoms with van der Waals surface area (Å²) in [6.45, 7) is 0.519. The molecule has 0 unspecified atom stereocenters. The Hall–Kier alpha value is -4.27. The van der Waals surface area contributed by atoms with E-state index in [9.17, 15) is 32.4 Å². The number of aryl methyl sites for hydroxylation is 1. The first-order valence-electron chi connectivity index (χ1n) is 12.2. The van der Waals surface area contributed by atoms with Crippen LogP contribution in [0.15, 0.2) is 41.5 Å². The average molecular weight is 543 g/mol. The number of nitrogens with two attached hydrogens (primary N) is 1. The Morgan fingerprint density at radius 1 is 1.31 bits per heavy atom. The minimum atomic E-state index is -4.49. The molecule has 3 N–H and O–H groups in total. The van der Waals surface area contributed by atoms with Crippen LogP contribution < -0.4 is 16.0 Å². The first kappa shape index (κ1) is 27.8. The van der Waals surface area contributed by atoms with Gasteiger partial charge in [-0.3, -0.25) is 14.6 Å². The van der Waals surface area contributed by atoms with Gasteiger partial charge in [-0.15, -0.1) is 0 Å². The van der Waals surface area contributed by atoms with Crippen LogP contribution in [0.25, 0.3) is 5.57 Å². The Kier molecular flexibility index (Phi) is 7.72. The van der Waals surface area contributed by atoms with Gasteiger partial charge in [0.1, 0.15) is 23.5 Å². The number of anilines is 1. The molecule has 2 fully saturated rings. The van der Waals surface area contributed by atoms with Gasteiger partial charge >= 0.3 is 6.18 Å². The Morgan fingerprint density at radius 2 is 2.05 bits per heavy atom. The van der Waals surface area contributed by atoms with Crippen molar-refractivity contribution in [2.24, 2.45) is 22.1 Å². The second-order valence-corrected chi connectivity index (χ2v) is 9.65. The highest BCUT2D eigenvalue weighted by molar-refractivity contribution is 6.09. The second-order valence-electron chi connectivity index (χ2n) is 9.65. The normalized spacial score (nSPS) is 19.9. The molecular formula is C27H26F4N6O2. The molecule has 2 aromatic rings. The number of nitriles is 1. The zero-order valence-electron chi connectivity index (χ0n) is 21.1.